The zero-order chi connectivity index (χ0) is 15.5. The molecule has 2 heterocycles. The van der Waals surface area contributed by atoms with Crippen molar-refractivity contribution in [2.24, 2.45) is 0 Å². The summed E-state index contributed by atoms with van der Waals surface area (Å²) < 4.78 is 33.0. The Morgan fingerprint density at radius 2 is 2.10 bits per heavy atom. The van der Waals surface area contributed by atoms with Gasteiger partial charge in [0.1, 0.15) is 9.97 Å². The number of thiophene rings is 1. The van der Waals surface area contributed by atoms with E-state index in [-0.39, 0.29) is 12.6 Å². The Hall–Kier alpha value is -1.15. The van der Waals surface area contributed by atoms with Crippen molar-refractivity contribution in [3.8, 4) is 0 Å². The van der Waals surface area contributed by atoms with Crippen LogP contribution in [0.15, 0.2) is 39.2 Å². The normalized spacial score (nSPS) is 13.7. The minimum atomic E-state index is -3.47. The Kier molecular flexibility index (Phi) is 5.21. The van der Waals surface area contributed by atoms with Gasteiger partial charge in [-0.3, -0.25) is 4.90 Å². The first kappa shape index (κ1) is 16.2. The minimum absolute atomic E-state index is 0.139. The van der Waals surface area contributed by atoms with Gasteiger partial charge < -0.3 is 4.42 Å². The number of hydrogen-bond donors (Lipinski definition) is 1. The van der Waals surface area contributed by atoms with Gasteiger partial charge in [-0.2, -0.15) is 0 Å². The topological polar surface area (TPSA) is 62.6 Å². The van der Waals surface area contributed by atoms with Gasteiger partial charge >= 0.3 is 0 Å². The second-order valence-electron chi connectivity index (χ2n) is 4.92. The van der Waals surface area contributed by atoms with Crippen LogP contribution in [0.1, 0.15) is 23.6 Å². The van der Waals surface area contributed by atoms with Crippen LogP contribution in [-0.2, 0) is 16.4 Å². The molecular formula is C14H20N2O3S2. The fourth-order valence-corrected chi connectivity index (χ4v) is 4.35. The molecule has 5 nitrogen and oxygen atoms in total. The van der Waals surface area contributed by atoms with Crippen molar-refractivity contribution in [1.29, 1.82) is 0 Å². The lowest BCUT2D eigenvalue weighted by Gasteiger charge is -2.22. The quantitative estimate of drug-likeness (QED) is 0.848. The molecule has 116 valence electrons. The molecule has 0 aliphatic heterocycles. The molecule has 2 aromatic rings. The molecule has 1 unspecified atom stereocenters. The van der Waals surface area contributed by atoms with Gasteiger partial charge in [-0.15, -0.1) is 11.3 Å². The molecule has 0 aromatic carbocycles. The van der Waals surface area contributed by atoms with Gasteiger partial charge in [-0.05, 0) is 44.8 Å². The zero-order valence-electron chi connectivity index (χ0n) is 12.4. The van der Waals surface area contributed by atoms with Crippen molar-refractivity contribution >= 4 is 21.4 Å². The third-order valence-electron chi connectivity index (χ3n) is 3.21. The van der Waals surface area contributed by atoms with Crippen LogP contribution >= 0.6 is 11.3 Å². The molecule has 0 aliphatic rings. The number of aryl methyl sites for hydroxylation is 1. The molecule has 0 radical (unpaired) electrons. The summed E-state index contributed by atoms with van der Waals surface area (Å²) in [6.07, 6.45) is 2.43. The maximum absolute atomic E-state index is 12.3. The van der Waals surface area contributed by atoms with Gasteiger partial charge in [-0.1, -0.05) is 6.92 Å². The minimum Gasteiger partial charge on any atom is -0.468 e. The van der Waals surface area contributed by atoms with E-state index in [2.05, 4.69) is 4.72 Å². The molecule has 0 saturated carbocycles. The summed E-state index contributed by atoms with van der Waals surface area (Å²) >= 11 is 1.31. The van der Waals surface area contributed by atoms with Crippen LogP contribution in [0.4, 0.5) is 0 Å². The average Bonchev–Trinajstić information content (AvgIpc) is 3.09. The number of nitrogens with one attached hydrogen (secondary N) is 1. The highest BCUT2D eigenvalue weighted by Gasteiger charge is 2.22. The van der Waals surface area contributed by atoms with E-state index in [0.717, 1.165) is 17.1 Å². The number of likely N-dealkylation sites (N-methyl/N-ethyl adjacent to an activating group) is 1. The molecule has 0 aliphatic carbocycles. The van der Waals surface area contributed by atoms with Gasteiger partial charge in [0.2, 0.25) is 10.0 Å². The van der Waals surface area contributed by atoms with Gasteiger partial charge in [0.05, 0.1) is 12.3 Å². The van der Waals surface area contributed by atoms with Gasteiger partial charge in [0.25, 0.3) is 0 Å². The summed E-state index contributed by atoms with van der Waals surface area (Å²) in [6, 6.07) is 7.02. The number of furan rings is 1. The molecule has 2 aromatic heterocycles. The van der Waals surface area contributed by atoms with E-state index in [9.17, 15) is 8.42 Å². The first-order chi connectivity index (χ1) is 9.94. The van der Waals surface area contributed by atoms with E-state index in [1.165, 1.54) is 11.3 Å². The predicted molar refractivity (Wildman–Crippen MR) is 84.0 cm³/mol. The second-order valence-corrected chi connectivity index (χ2v) is 8.08. The Morgan fingerprint density at radius 1 is 1.33 bits per heavy atom. The highest BCUT2D eigenvalue weighted by molar-refractivity contribution is 7.91. The summed E-state index contributed by atoms with van der Waals surface area (Å²) in [7, 11) is 0.312. The Morgan fingerprint density at radius 3 is 2.62 bits per heavy atom. The lowest BCUT2D eigenvalue weighted by Crippen LogP contribution is -2.34. The van der Waals surface area contributed by atoms with Crippen molar-refractivity contribution in [2.45, 2.75) is 23.6 Å². The summed E-state index contributed by atoms with van der Waals surface area (Å²) in [4.78, 5) is 2.98. The standard InChI is InChI=1S/C14H20N2O3S2/c1-4-11-7-8-14(20-11)21(17,18)15-10-12(16(2)3)13-6-5-9-19-13/h5-9,12,15H,4,10H2,1-3H3. The SMILES string of the molecule is CCc1ccc(S(=O)(=O)NCC(c2ccco2)N(C)C)s1. The summed E-state index contributed by atoms with van der Waals surface area (Å²) in [5.41, 5.74) is 0. The zero-order valence-corrected chi connectivity index (χ0v) is 14.0. The van der Waals surface area contributed by atoms with Crippen LogP contribution in [0.2, 0.25) is 0 Å². The van der Waals surface area contributed by atoms with Gasteiger partial charge in [-0.25, -0.2) is 13.1 Å². The largest absolute Gasteiger partial charge is 0.468 e. The summed E-state index contributed by atoms with van der Waals surface area (Å²) in [5, 5.41) is 0. The molecule has 1 atom stereocenters. The number of rotatable bonds is 7. The van der Waals surface area contributed by atoms with E-state index in [0.29, 0.717) is 4.21 Å². The predicted octanol–water partition coefficient (Wildman–Crippen LogP) is 2.48. The molecule has 2 rings (SSSR count). The molecule has 7 heteroatoms. The lowest BCUT2D eigenvalue weighted by molar-refractivity contribution is 0.259. The van der Waals surface area contributed by atoms with E-state index < -0.39 is 10.0 Å². The maximum atomic E-state index is 12.3. The van der Waals surface area contributed by atoms with Crippen LogP contribution < -0.4 is 4.72 Å². The van der Waals surface area contributed by atoms with Gasteiger partial charge in [0, 0.05) is 11.4 Å². The third-order valence-corrected chi connectivity index (χ3v) is 6.36. The van der Waals surface area contributed by atoms with E-state index in [4.69, 9.17) is 4.42 Å². The third kappa shape index (κ3) is 3.94. The van der Waals surface area contributed by atoms with Crippen molar-refractivity contribution in [3.63, 3.8) is 0 Å². The first-order valence-electron chi connectivity index (χ1n) is 6.72. The average molecular weight is 328 g/mol. The number of sulfonamides is 1. The molecule has 0 spiro atoms. The van der Waals surface area contributed by atoms with Crippen molar-refractivity contribution in [2.75, 3.05) is 20.6 Å². The fourth-order valence-electron chi connectivity index (χ4n) is 1.97. The fraction of sp³-hybridized carbons (Fsp3) is 0.429. The highest BCUT2D eigenvalue weighted by atomic mass is 32.2. The van der Waals surface area contributed by atoms with E-state index >= 15 is 0 Å². The molecule has 0 saturated heterocycles. The highest BCUT2D eigenvalue weighted by Crippen LogP contribution is 2.23. The van der Waals surface area contributed by atoms with Gasteiger partial charge in [0.15, 0.2) is 0 Å². The van der Waals surface area contributed by atoms with Crippen molar-refractivity contribution < 1.29 is 12.8 Å². The van der Waals surface area contributed by atoms with Crippen LogP contribution in [0.25, 0.3) is 0 Å². The van der Waals surface area contributed by atoms with Crippen molar-refractivity contribution in [1.82, 2.24) is 9.62 Å². The number of hydrogen-bond acceptors (Lipinski definition) is 5. The lowest BCUT2D eigenvalue weighted by atomic mass is 10.2. The van der Waals surface area contributed by atoms with Crippen LogP contribution in [0.3, 0.4) is 0 Å². The Balaban J connectivity index is 2.09. The first-order valence-corrected chi connectivity index (χ1v) is 9.02. The molecule has 0 amide bonds. The summed E-state index contributed by atoms with van der Waals surface area (Å²) in [5.74, 6) is 0.739. The van der Waals surface area contributed by atoms with Crippen LogP contribution in [0, 0.1) is 0 Å². The Bertz CT molecular complexity index is 660. The second kappa shape index (κ2) is 6.74. The monoisotopic (exact) mass is 328 g/mol. The maximum Gasteiger partial charge on any atom is 0.250 e. The molecule has 0 fully saturated rings. The number of nitrogens with zero attached hydrogens (tertiary/aromatic N) is 1. The molecule has 0 bridgehead atoms. The molecular weight excluding hydrogens is 308 g/mol. The van der Waals surface area contributed by atoms with Crippen molar-refractivity contribution in [3.05, 3.63) is 41.2 Å². The van der Waals surface area contributed by atoms with E-state index in [1.807, 2.05) is 38.1 Å². The summed E-state index contributed by atoms with van der Waals surface area (Å²) in [6.45, 7) is 2.27. The van der Waals surface area contributed by atoms with Crippen LogP contribution in [0.5, 0.6) is 0 Å². The van der Waals surface area contributed by atoms with Crippen LogP contribution in [-0.4, -0.2) is 34.0 Å². The Labute approximate surface area is 129 Å². The molecule has 21 heavy (non-hydrogen) atoms. The van der Waals surface area contributed by atoms with E-state index in [1.54, 1.807) is 18.4 Å². The smallest absolute Gasteiger partial charge is 0.250 e. The molecule has 1 N–H and O–H groups in total.